The van der Waals surface area contributed by atoms with Crippen LogP contribution in [0.15, 0.2) is 18.2 Å². The van der Waals surface area contributed by atoms with Crippen LogP contribution in [0.5, 0.6) is 11.5 Å². The summed E-state index contributed by atoms with van der Waals surface area (Å²) in [7, 11) is 3.41. The zero-order valence-electron chi connectivity index (χ0n) is 12.3. The van der Waals surface area contributed by atoms with Crippen LogP contribution >= 0.6 is 0 Å². The number of benzene rings is 1. The lowest BCUT2D eigenvalue weighted by molar-refractivity contribution is -0.132. The summed E-state index contributed by atoms with van der Waals surface area (Å²) >= 11 is 0. The van der Waals surface area contributed by atoms with Crippen molar-refractivity contribution in [2.75, 3.05) is 27.2 Å². The number of hydrogen-bond donors (Lipinski definition) is 1. The summed E-state index contributed by atoms with van der Waals surface area (Å²) < 4.78 is 11.2. The third kappa shape index (κ3) is 3.22. The SMILES string of the molecule is CCNCc1ccc(OC2CCN(C)C2=O)c(OC)c1. The minimum atomic E-state index is -0.395. The van der Waals surface area contributed by atoms with E-state index in [4.69, 9.17) is 9.47 Å². The summed E-state index contributed by atoms with van der Waals surface area (Å²) in [6.45, 7) is 4.52. The van der Waals surface area contributed by atoms with Crippen LogP contribution in [-0.4, -0.2) is 44.2 Å². The fraction of sp³-hybridized carbons (Fsp3) is 0.533. The predicted octanol–water partition coefficient (Wildman–Crippen LogP) is 1.41. The Hall–Kier alpha value is -1.75. The van der Waals surface area contributed by atoms with Crippen LogP contribution in [-0.2, 0) is 11.3 Å². The first kappa shape index (κ1) is 14.7. The largest absolute Gasteiger partial charge is 0.493 e. The van der Waals surface area contributed by atoms with Gasteiger partial charge in [-0.15, -0.1) is 0 Å². The van der Waals surface area contributed by atoms with Crippen molar-refractivity contribution < 1.29 is 14.3 Å². The fourth-order valence-electron chi connectivity index (χ4n) is 2.24. The van der Waals surface area contributed by atoms with E-state index in [0.717, 1.165) is 31.6 Å². The highest BCUT2D eigenvalue weighted by Gasteiger charge is 2.31. The summed E-state index contributed by atoms with van der Waals surface area (Å²) in [5.41, 5.74) is 1.13. The van der Waals surface area contributed by atoms with Gasteiger partial charge < -0.3 is 19.7 Å². The second-order valence-corrected chi connectivity index (χ2v) is 4.92. The Morgan fingerprint density at radius 1 is 1.40 bits per heavy atom. The average molecular weight is 278 g/mol. The molecule has 1 aliphatic rings. The van der Waals surface area contributed by atoms with Crippen molar-refractivity contribution >= 4 is 5.91 Å². The molecule has 1 aliphatic heterocycles. The number of hydrogen-bond acceptors (Lipinski definition) is 4. The molecule has 1 fully saturated rings. The average Bonchev–Trinajstić information content (AvgIpc) is 2.78. The smallest absolute Gasteiger partial charge is 0.263 e. The van der Waals surface area contributed by atoms with Gasteiger partial charge in [0.15, 0.2) is 17.6 Å². The molecule has 110 valence electrons. The van der Waals surface area contributed by atoms with Gasteiger partial charge in [-0.05, 0) is 24.2 Å². The summed E-state index contributed by atoms with van der Waals surface area (Å²) in [4.78, 5) is 13.6. The van der Waals surface area contributed by atoms with Crippen molar-refractivity contribution in [2.45, 2.75) is 26.0 Å². The van der Waals surface area contributed by atoms with Crippen LogP contribution in [0.3, 0.4) is 0 Å². The molecule has 5 heteroatoms. The van der Waals surface area contributed by atoms with Crippen LogP contribution in [0.25, 0.3) is 0 Å². The molecule has 0 radical (unpaired) electrons. The predicted molar refractivity (Wildman–Crippen MR) is 77.0 cm³/mol. The molecule has 0 bridgehead atoms. The van der Waals surface area contributed by atoms with Crippen LogP contribution in [0.4, 0.5) is 0 Å². The van der Waals surface area contributed by atoms with Crippen molar-refractivity contribution in [3.8, 4) is 11.5 Å². The standard InChI is InChI=1S/C15H22N2O3/c1-4-16-10-11-5-6-12(14(9-11)19-3)20-13-7-8-17(2)15(13)18/h5-6,9,13,16H,4,7-8,10H2,1-3H3. The maximum absolute atomic E-state index is 11.9. The van der Waals surface area contributed by atoms with Crippen LogP contribution in [0, 0.1) is 0 Å². The van der Waals surface area contributed by atoms with E-state index >= 15 is 0 Å². The highest BCUT2D eigenvalue weighted by Crippen LogP contribution is 2.30. The number of ether oxygens (including phenoxy) is 2. The molecular formula is C15H22N2O3. The van der Waals surface area contributed by atoms with Crippen LogP contribution in [0.2, 0.25) is 0 Å². The molecule has 1 unspecified atom stereocenters. The van der Waals surface area contributed by atoms with Gasteiger partial charge >= 0.3 is 0 Å². The zero-order valence-corrected chi connectivity index (χ0v) is 12.3. The first-order valence-electron chi connectivity index (χ1n) is 6.95. The topological polar surface area (TPSA) is 50.8 Å². The highest BCUT2D eigenvalue weighted by atomic mass is 16.5. The number of carbonyl (C=O) groups excluding carboxylic acids is 1. The highest BCUT2D eigenvalue weighted by molar-refractivity contribution is 5.83. The monoisotopic (exact) mass is 278 g/mol. The second kappa shape index (κ2) is 6.61. The van der Waals surface area contributed by atoms with Gasteiger partial charge in [-0.1, -0.05) is 13.0 Å². The van der Waals surface area contributed by atoms with Crippen LogP contribution in [0.1, 0.15) is 18.9 Å². The molecule has 0 saturated carbocycles. The van der Waals surface area contributed by atoms with E-state index in [9.17, 15) is 4.79 Å². The Kier molecular flexibility index (Phi) is 4.84. The Balaban J connectivity index is 2.09. The summed E-state index contributed by atoms with van der Waals surface area (Å²) in [6.07, 6.45) is 0.325. The molecule has 20 heavy (non-hydrogen) atoms. The van der Waals surface area contributed by atoms with E-state index in [1.165, 1.54) is 0 Å². The Bertz CT molecular complexity index is 476. The van der Waals surface area contributed by atoms with Gasteiger partial charge in [0, 0.05) is 26.6 Å². The van der Waals surface area contributed by atoms with Crippen molar-refractivity contribution in [2.24, 2.45) is 0 Å². The zero-order chi connectivity index (χ0) is 14.5. The molecule has 0 aromatic heterocycles. The van der Waals surface area contributed by atoms with E-state index in [2.05, 4.69) is 12.2 Å². The van der Waals surface area contributed by atoms with Crippen molar-refractivity contribution in [3.63, 3.8) is 0 Å². The normalized spacial score (nSPS) is 18.4. The molecule has 2 rings (SSSR count). The number of likely N-dealkylation sites (N-methyl/N-ethyl adjacent to an activating group) is 1. The molecule has 1 N–H and O–H groups in total. The quantitative estimate of drug-likeness (QED) is 0.855. The number of carbonyl (C=O) groups is 1. The number of methoxy groups -OCH3 is 1. The van der Waals surface area contributed by atoms with E-state index in [1.807, 2.05) is 18.2 Å². The van der Waals surface area contributed by atoms with Gasteiger partial charge in [0.1, 0.15) is 0 Å². The van der Waals surface area contributed by atoms with Gasteiger partial charge in [-0.3, -0.25) is 4.79 Å². The van der Waals surface area contributed by atoms with Crippen molar-refractivity contribution in [1.29, 1.82) is 0 Å². The third-order valence-corrected chi connectivity index (χ3v) is 3.45. The molecule has 1 atom stereocenters. The Labute approximate surface area is 119 Å². The molecule has 0 spiro atoms. The molecule has 1 amide bonds. The molecule has 0 aliphatic carbocycles. The minimum Gasteiger partial charge on any atom is -0.493 e. The van der Waals surface area contributed by atoms with Gasteiger partial charge in [0.05, 0.1) is 7.11 Å². The molecule has 5 nitrogen and oxygen atoms in total. The number of nitrogens with one attached hydrogen (secondary N) is 1. The van der Waals surface area contributed by atoms with Gasteiger partial charge in [-0.2, -0.15) is 0 Å². The summed E-state index contributed by atoms with van der Waals surface area (Å²) in [5, 5.41) is 3.26. The number of rotatable bonds is 6. The van der Waals surface area contributed by atoms with E-state index in [0.29, 0.717) is 11.5 Å². The first-order chi connectivity index (χ1) is 9.65. The number of nitrogens with zero attached hydrogens (tertiary/aromatic N) is 1. The van der Waals surface area contributed by atoms with Crippen LogP contribution < -0.4 is 14.8 Å². The second-order valence-electron chi connectivity index (χ2n) is 4.92. The molecule has 1 aromatic rings. The maximum Gasteiger partial charge on any atom is 0.263 e. The van der Waals surface area contributed by atoms with Gasteiger partial charge in [0.25, 0.3) is 5.91 Å². The maximum atomic E-state index is 11.9. The Morgan fingerprint density at radius 2 is 2.20 bits per heavy atom. The van der Waals surface area contributed by atoms with Gasteiger partial charge in [-0.25, -0.2) is 0 Å². The molecular weight excluding hydrogens is 256 g/mol. The first-order valence-corrected chi connectivity index (χ1v) is 6.95. The van der Waals surface area contributed by atoms with E-state index in [1.54, 1.807) is 19.1 Å². The fourth-order valence-corrected chi connectivity index (χ4v) is 2.24. The van der Waals surface area contributed by atoms with Crippen molar-refractivity contribution in [3.05, 3.63) is 23.8 Å². The van der Waals surface area contributed by atoms with Gasteiger partial charge in [0.2, 0.25) is 0 Å². The lowest BCUT2D eigenvalue weighted by Gasteiger charge is -2.16. The lowest BCUT2D eigenvalue weighted by Crippen LogP contribution is -2.29. The number of amides is 1. The molecule has 1 saturated heterocycles. The summed E-state index contributed by atoms with van der Waals surface area (Å²) in [6, 6.07) is 5.81. The lowest BCUT2D eigenvalue weighted by atomic mass is 10.2. The summed E-state index contributed by atoms with van der Waals surface area (Å²) in [5.74, 6) is 1.33. The minimum absolute atomic E-state index is 0.0313. The van der Waals surface area contributed by atoms with Crippen molar-refractivity contribution in [1.82, 2.24) is 10.2 Å². The molecule has 1 aromatic carbocycles. The third-order valence-electron chi connectivity index (χ3n) is 3.45. The van der Waals surface area contributed by atoms with E-state index < -0.39 is 6.10 Å². The van der Waals surface area contributed by atoms with E-state index in [-0.39, 0.29) is 5.91 Å². The Morgan fingerprint density at radius 3 is 2.80 bits per heavy atom. The number of likely N-dealkylation sites (tertiary alicyclic amines) is 1. The molecule has 1 heterocycles.